The molecule has 0 saturated carbocycles. The summed E-state index contributed by atoms with van der Waals surface area (Å²) in [5, 5.41) is 0. The molecule has 0 spiro atoms. The van der Waals surface area contributed by atoms with E-state index in [4.69, 9.17) is 79.1 Å². The number of fused-ring (bicyclic) bond motifs is 1. The molecule has 0 aliphatic carbocycles. The van der Waals surface area contributed by atoms with Crippen LogP contribution in [0.25, 0.3) is 0 Å². The maximum atomic E-state index is 11.7. The molecule has 1 aliphatic heterocycles. The predicted octanol–water partition coefficient (Wildman–Crippen LogP) is 5.10. The number of carbonyl (C=O) groups excluding carboxylic acids is 2. The number of amides is 2. The average Bonchev–Trinajstić information content (AvgIpc) is 2.43. The molecular formula is C14H11Cl6NO4. The second kappa shape index (κ2) is 7.47. The molecule has 0 aromatic heterocycles. The first-order valence-corrected chi connectivity index (χ1v) is 9.00. The van der Waals surface area contributed by atoms with Gasteiger partial charge < -0.3 is 9.47 Å². The second-order valence-corrected chi connectivity index (χ2v) is 9.88. The number of halogens is 6. The van der Waals surface area contributed by atoms with Crippen LogP contribution in [0, 0.1) is 0 Å². The Morgan fingerprint density at radius 2 is 1.56 bits per heavy atom. The third-order valence-electron chi connectivity index (χ3n) is 3.22. The molecule has 0 saturated heterocycles. The van der Waals surface area contributed by atoms with Gasteiger partial charge in [0.1, 0.15) is 11.9 Å². The molecule has 2 amide bonds. The number of hydrogen-bond donors (Lipinski definition) is 0. The molecule has 0 radical (unpaired) electrons. The van der Waals surface area contributed by atoms with Crippen molar-refractivity contribution in [2.75, 3.05) is 4.90 Å². The van der Waals surface area contributed by atoms with Gasteiger partial charge in [0.25, 0.3) is 3.79 Å². The number of imide groups is 1. The normalized spacial score (nSPS) is 20.5. The highest BCUT2D eigenvalue weighted by Gasteiger charge is 2.48. The van der Waals surface area contributed by atoms with Gasteiger partial charge in [-0.15, -0.1) is 0 Å². The number of alkyl halides is 6. The van der Waals surface area contributed by atoms with Crippen molar-refractivity contribution in [1.82, 2.24) is 0 Å². The lowest BCUT2D eigenvalue weighted by molar-refractivity contribution is -0.136. The minimum absolute atomic E-state index is 0.231. The van der Waals surface area contributed by atoms with Gasteiger partial charge in [0.05, 0.1) is 5.69 Å². The Balaban J connectivity index is 2.55. The van der Waals surface area contributed by atoms with Gasteiger partial charge in [0.15, 0.2) is 0 Å². The lowest BCUT2D eigenvalue weighted by Crippen LogP contribution is -2.42. The molecule has 1 aromatic carbocycles. The van der Waals surface area contributed by atoms with Gasteiger partial charge >= 0.3 is 0 Å². The van der Waals surface area contributed by atoms with E-state index >= 15 is 0 Å². The third-order valence-corrected chi connectivity index (χ3v) is 4.35. The van der Waals surface area contributed by atoms with Crippen LogP contribution in [-0.2, 0) is 14.3 Å². The Hall–Kier alpha value is -0.140. The SMILES string of the molecule is CC(=O)N(C(C)=O)c1ccc2c(c1)C(C(Cl)(Cl)Cl)OC(C(Cl)(Cl)Cl)O2. The average molecular weight is 470 g/mol. The van der Waals surface area contributed by atoms with Gasteiger partial charge in [-0.05, 0) is 18.2 Å². The van der Waals surface area contributed by atoms with Crippen LogP contribution in [-0.4, -0.2) is 25.7 Å². The zero-order valence-corrected chi connectivity index (χ0v) is 17.3. The summed E-state index contributed by atoms with van der Waals surface area (Å²) in [4.78, 5) is 24.4. The van der Waals surface area contributed by atoms with Crippen LogP contribution in [0.1, 0.15) is 25.5 Å². The Morgan fingerprint density at radius 1 is 1.00 bits per heavy atom. The summed E-state index contributed by atoms with van der Waals surface area (Å²) in [6.45, 7) is 2.50. The molecule has 11 heteroatoms. The molecule has 1 aromatic rings. The van der Waals surface area contributed by atoms with Gasteiger partial charge in [-0.3, -0.25) is 14.5 Å². The highest BCUT2D eigenvalue weighted by atomic mass is 35.6. The largest absolute Gasteiger partial charge is 0.460 e. The quantitative estimate of drug-likeness (QED) is 0.537. The van der Waals surface area contributed by atoms with Crippen LogP contribution in [0.5, 0.6) is 5.75 Å². The molecule has 0 fully saturated rings. The first kappa shape index (κ1) is 21.2. The number of rotatable bonds is 1. The van der Waals surface area contributed by atoms with E-state index in [1.165, 1.54) is 32.0 Å². The van der Waals surface area contributed by atoms with Crippen LogP contribution >= 0.6 is 69.6 Å². The van der Waals surface area contributed by atoms with Gasteiger partial charge in [-0.25, -0.2) is 0 Å². The Kier molecular flexibility index (Phi) is 6.32. The number of hydrogen-bond acceptors (Lipinski definition) is 4. The standard InChI is InChI=1S/C14H11Cl6NO4/c1-6(22)21(7(2)23)8-3-4-10-9(5-8)11(13(15,16)17)25-12(24-10)14(18,19)20/h3-5,11-12H,1-2H3. The van der Waals surface area contributed by atoms with E-state index in [9.17, 15) is 9.59 Å². The van der Waals surface area contributed by atoms with Crippen LogP contribution in [0.15, 0.2) is 18.2 Å². The van der Waals surface area contributed by atoms with E-state index in [-0.39, 0.29) is 17.0 Å². The zero-order chi connectivity index (χ0) is 19.2. The van der Waals surface area contributed by atoms with Crippen molar-refractivity contribution >= 4 is 87.1 Å². The van der Waals surface area contributed by atoms with E-state index in [1.807, 2.05) is 0 Å². The fourth-order valence-electron chi connectivity index (χ4n) is 2.31. The molecule has 0 N–H and O–H groups in total. The van der Waals surface area contributed by atoms with Crippen LogP contribution in [0.2, 0.25) is 0 Å². The molecule has 5 nitrogen and oxygen atoms in total. The highest BCUT2D eigenvalue weighted by molar-refractivity contribution is 6.68. The lowest BCUT2D eigenvalue weighted by atomic mass is 10.1. The van der Waals surface area contributed by atoms with Gasteiger partial charge in [0, 0.05) is 19.4 Å². The Morgan fingerprint density at radius 3 is 2.00 bits per heavy atom. The topological polar surface area (TPSA) is 55.8 Å². The molecule has 2 unspecified atom stereocenters. The minimum Gasteiger partial charge on any atom is -0.460 e. The monoisotopic (exact) mass is 467 g/mol. The summed E-state index contributed by atoms with van der Waals surface area (Å²) in [6, 6.07) is 4.40. The van der Waals surface area contributed by atoms with Crippen molar-refractivity contribution in [1.29, 1.82) is 0 Å². The van der Waals surface area contributed by atoms with Gasteiger partial charge in [-0.2, -0.15) is 0 Å². The van der Waals surface area contributed by atoms with Crippen LogP contribution in [0.3, 0.4) is 0 Å². The van der Waals surface area contributed by atoms with E-state index < -0.39 is 31.8 Å². The first-order valence-electron chi connectivity index (χ1n) is 6.73. The smallest absolute Gasteiger partial charge is 0.252 e. The number of carbonyl (C=O) groups is 2. The molecule has 1 heterocycles. The maximum Gasteiger partial charge on any atom is 0.252 e. The van der Waals surface area contributed by atoms with Gasteiger partial charge in [0.2, 0.25) is 21.9 Å². The Labute approximate surface area is 173 Å². The number of nitrogens with zero attached hydrogens (tertiary/aromatic N) is 1. The molecule has 25 heavy (non-hydrogen) atoms. The highest BCUT2D eigenvalue weighted by Crippen LogP contribution is 2.51. The molecular weight excluding hydrogens is 459 g/mol. The van der Waals surface area contributed by atoms with Gasteiger partial charge in [-0.1, -0.05) is 69.6 Å². The van der Waals surface area contributed by atoms with Crippen molar-refractivity contribution in [3.8, 4) is 5.75 Å². The van der Waals surface area contributed by atoms with E-state index in [2.05, 4.69) is 0 Å². The second-order valence-electron chi connectivity index (χ2n) is 5.14. The summed E-state index contributed by atoms with van der Waals surface area (Å²) in [5.74, 6) is -0.723. The third kappa shape index (κ3) is 4.78. The molecule has 0 bridgehead atoms. The van der Waals surface area contributed by atoms with Crippen molar-refractivity contribution in [2.24, 2.45) is 0 Å². The molecule has 2 rings (SSSR count). The number of anilines is 1. The summed E-state index contributed by atoms with van der Waals surface area (Å²) < 4.78 is 7.13. The van der Waals surface area contributed by atoms with Crippen molar-refractivity contribution < 1.29 is 19.1 Å². The lowest BCUT2D eigenvalue weighted by Gasteiger charge is -2.38. The first-order chi connectivity index (χ1) is 11.3. The molecule has 1 aliphatic rings. The Bertz CT molecular complexity index is 686. The summed E-state index contributed by atoms with van der Waals surface area (Å²) >= 11 is 35.4. The van der Waals surface area contributed by atoms with Crippen LogP contribution < -0.4 is 9.64 Å². The van der Waals surface area contributed by atoms with Crippen LogP contribution in [0.4, 0.5) is 5.69 Å². The fourth-order valence-corrected chi connectivity index (χ4v) is 3.10. The van der Waals surface area contributed by atoms with Crippen molar-refractivity contribution in [2.45, 2.75) is 33.8 Å². The minimum atomic E-state index is -1.94. The number of ether oxygens (including phenoxy) is 2. The maximum absolute atomic E-state index is 11.7. The van der Waals surface area contributed by atoms with E-state index in [0.29, 0.717) is 0 Å². The van der Waals surface area contributed by atoms with Crippen molar-refractivity contribution in [3.63, 3.8) is 0 Å². The summed E-state index contributed by atoms with van der Waals surface area (Å²) in [7, 11) is 0. The number of benzene rings is 1. The molecule has 138 valence electrons. The summed E-state index contributed by atoms with van der Waals surface area (Å²) in [6.07, 6.45) is -2.49. The molecule has 2 atom stereocenters. The van der Waals surface area contributed by atoms with E-state index in [1.54, 1.807) is 0 Å². The van der Waals surface area contributed by atoms with Crippen molar-refractivity contribution in [3.05, 3.63) is 23.8 Å². The summed E-state index contributed by atoms with van der Waals surface area (Å²) in [5.41, 5.74) is 0.549. The van der Waals surface area contributed by atoms with E-state index in [0.717, 1.165) is 4.90 Å². The zero-order valence-electron chi connectivity index (χ0n) is 12.7. The predicted molar refractivity (Wildman–Crippen MR) is 99.1 cm³/mol. The fraction of sp³-hybridized carbons (Fsp3) is 0.429.